The van der Waals surface area contributed by atoms with E-state index in [-0.39, 0.29) is 0 Å². The fraction of sp³-hybridized carbons (Fsp3) is 0.722. The van der Waals surface area contributed by atoms with Gasteiger partial charge in [-0.2, -0.15) is 0 Å². The summed E-state index contributed by atoms with van der Waals surface area (Å²) < 4.78 is 2.17. The molecule has 0 aromatic carbocycles. The second kappa shape index (κ2) is 10.4. The SMILES string of the molecule is CCN1CCN(CC(C)CNC(=NC)NCCn2cccc2)CC1. The molecule has 6 nitrogen and oxygen atoms in total. The number of piperazine rings is 1. The zero-order valence-corrected chi connectivity index (χ0v) is 15.5. The average molecular weight is 335 g/mol. The Labute approximate surface area is 146 Å². The minimum absolute atomic E-state index is 0.612. The van der Waals surface area contributed by atoms with Crippen molar-refractivity contribution < 1.29 is 0 Å². The number of nitrogens with zero attached hydrogens (tertiary/aromatic N) is 4. The highest BCUT2D eigenvalue weighted by Gasteiger charge is 2.17. The van der Waals surface area contributed by atoms with Gasteiger partial charge in [-0.15, -0.1) is 0 Å². The summed E-state index contributed by atoms with van der Waals surface area (Å²) in [6.07, 6.45) is 4.16. The van der Waals surface area contributed by atoms with Crippen molar-refractivity contribution in [1.29, 1.82) is 0 Å². The van der Waals surface area contributed by atoms with E-state index >= 15 is 0 Å². The summed E-state index contributed by atoms with van der Waals surface area (Å²) >= 11 is 0. The van der Waals surface area contributed by atoms with E-state index < -0.39 is 0 Å². The Balaban J connectivity index is 1.60. The predicted octanol–water partition coefficient (Wildman–Crippen LogP) is 0.927. The van der Waals surface area contributed by atoms with Crippen molar-refractivity contribution >= 4 is 5.96 Å². The maximum Gasteiger partial charge on any atom is 0.191 e. The van der Waals surface area contributed by atoms with Crippen LogP contribution in [0.2, 0.25) is 0 Å². The topological polar surface area (TPSA) is 47.8 Å². The predicted molar refractivity (Wildman–Crippen MR) is 102 cm³/mol. The molecule has 2 N–H and O–H groups in total. The molecule has 6 heteroatoms. The number of guanidine groups is 1. The van der Waals surface area contributed by atoms with E-state index in [0.717, 1.165) is 32.1 Å². The fourth-order valence-corrected chi connectivity index (χ4v) is 3.11. The van der Waals surface area contributed by atoms with Crippen molar-refractivity contribution in [2.24, 2.45) is 10.9 Å². The average Bonchev–Trinajstić information content (AvgIpc) is 3.12. The number of nitrogens with one attached hydrogen (secondary N) is 2. The summed E-state index contributed by atoms with van der Waals surface area (Å²) in [5.41, 5.74) is 0. The molecule has 1 aliphatic rings. The summed E-state index contributed by atoms with van der Waals surface area (Å²) in [6, 6.07) is 4.10. The Hall–Kier alpha value is -1.53. The number of hydrogen-bond donors (Lipinski definition) is 2. The van der Waals surface area contributed by atoms with E-state index in [1.165, 1.54) is 32.7 Å². The molecule has 1 atom stereocenters. The molecule has 1 aliphatic heterocycles. The first-order valence-corrected chi connectivity index (χ1v) is 9.21. The molecule has 0 spiro atoms. The van der Waals surface area contributed by atoms with Crippen LogP contribution in [0.15, 0.2) is 29.5 Å². The lowest BCUT2D eigenvalue weighted by Gasteiger charge is -2.35. The van der Waals surface area contributed by atoms with Gasteiger partial charge in [-0.05, 0) is 24.6 Å². The van der Waals surface area contributed by atoms with Gasteiger partial charge in [0.25, 0.3) is 0 Å². The van der Waals surface area contributed by atoms with E-state index in [0.29, 0.717) is 5.92 Å². The molecular formula is C18H34N6. The molecule has 136 valence electrons. The molecule has 0 aliphatic carbocycles. The molecule has 1 fully saturated rings. The largest absolute Gasteiger partial charge is 0.356 e. The molecule has 1 aromatic heterocycles. The van der Waals surface area contributed by atoms with Crippen molar-refractivity contribution in [2.45, 2.75) is 20.4 Å². The standard InChI is InChI=1S/C18H34N6/c1-4-22-11-13-24(14-12-22)16-17(2)15-21-18(19-3)20-7-10-23-8-5-6-9-23/h5-6,8-9,17H,4,7,10-16H2,1-3H3,(H2,19,20,21). The van der Waals surface area contributed by atoms with Crippen molar-refractivity contribution in [3.63, 3.8) is 0 Å². The van der Waals surface area contributed by atoms with Crippen molar-refractivity contribution in [3.8, 4) is 0 Å². The van der Waals surface area contributed by atoms with E-state index in [1.807, 2.05) is 7.05 Å². The van der Waals surface area contributed by atoms with Crippen LogP contribution in [-0.4, -0.2) is 79.7 Å². The van der Waals surface area contributed by atoms with Gasteiger partial charge in [0, 0.05) is 71.8 Å². The molecule has 2 heterocycles. The monoisotopic (exact) mass is 334 g/mol. The van der Waals surface area contributed by atoms with Crippen LogP contribution in [0.25, 0.3) is 0 Å². The summed E-state index contributed by atoms with van der Waals surface area (Å²) in [7, 11) is 1.83. The van der Waals surface area contributed by atoms with Gasteiger partial charge in [-0.1, -0.05) is 13.8 Å². The second-order valence-electron chi connectivity index (χ2n) is 6.64. The van der Waals surface area contributed by atoms with Gasteiger partial charge in [-0.3, -0.25) is 4.99 Å². The molecule has 0 radical (unpaired) electrons. The van der Waals surface area contributed by atoms with Crippen LogP contribution in [0.3, 0.4) is 0 Å². The van der Waals surface area contributed by atoms with Gasteiger partial charge in [0.1, 0.15) is 0 Å². The van der Waals surface area contributed by atoms with Crippen LogP contribution in [0.1, 0.15) is 13.8 Å². The number of rotatable bonds is 8. The molecule has 0 saturated carbocycles. The van der Waals surface area contributed by atoms with Gasteiger partial charge < -0.3 is 25.0 Å². The minimum Gasteiger partial charge on any atom is -0.356 e. The molecule has 1 unspecified atom stereocenters. The zero-order chi connectivity index (χ0) is 17.2. The van der Waals surface area contributed by atoms with Crippen molar-refractivity contribution in [2.75, 3.05) is 59.4 Å². The van der Waals surface area contributed by atoms with Crippen LogP contribution >= 0.6 is 0 Å². The lowest BCUT2D eigenvalue weighted by molar-refractivity contribution is 0.124. The highest BCUT2D eigenvalue weighted by Crippen LogP contribution is 2.05. The van der Waals surface area contributed by atoms with Gasteiger partial charge in [0.05, 0.1) is 0 Å². The summed E-state index contributed by atoms with van der Waals surface area (Å²) in [5, 5.41) is 6.83. The van der Waals surface area contributed by atoms with Gasteiger partial charge in [-0.25, -0.2) is 0 Å². The van der Waals surface area contributed by atoms with E-state index in [9.17, 15) is 0 Å². The molecule has 2 rings (SSSR count). The summed E-state index contributed by atoms with van der Waals surface area (Å²) in [5.74, 6) is 1.51. The number of hydrogen-bond acceptors (Lipinski definition) is 3. The first-order chi connectivity index (χ1) is 11.7. The molecule has 0 bridgehead atoms. The first kappa shape index (κ1) is 18.8. The maximum absolute atomic E-state index is 4.31. The van der Waals surface area contributed by atoms with Gasteiger partial charge in [0.2, 0.25) is 0 Å². The fourth-order valence-electron chi connectivity index (χ4n) is 3.11. The van der Waals surface area contributed by atoms with Crippen LogP contribution in [0.5, 0.6) is 0 Å². The summed E-state index contributed by atoms with van der Waals surface area (Å²) in [4.78, 5) is 9.42. The molecule has 1 aromatic rings. The third-order valence-corrected chi connectivity index (χ3v) is 4.65. The molecule has 0 amide bonds. The normalized spacial score (nSPS) is 18.5. The number of aliphatic imine (C=N–C) groups is 1. The van der Waals surface area contributed by atoms with Crippen LogP contribution in [-0.2, 0) is 6.54 Å². The lowest BCUT2D eigenvalue weighted by atomic mass is 10.1. The number of likely N-dealkylation sites (N-methyl/N-ethyl adjacent to an activating group) is 1. The Bertz CT molecular complexity index is 462. The Morgan fingerprint density at radius 1 is 1.08 bits per heavy atom. The van der Waals surface area contributed by atoms with Gasteiger partial charge >= 0.3 is 0 Å². The molecule has 1 saturated heterocycles. The van der Waals surface area contributed by atoms with Crippen LogP contribution in [0.4, 0.5) is 0 Å². The Kier molecular flexibility index (Phi) is 8.12. The number of aromatic nitrogens is 1. The molecule has 24 heavy (non-hydrogen) atoms. The lowest BCUT2D eigenvalue weighted by Crippen LogP contribution is -2.48. The van der Waals surface area contributed by atoms with E-state index in [2.05, 4.69) is 68.4 Å². The van der Waals surface area contributed by atoms with Gasteiger partial charge in [0.15, 0.2) is 5.96 Å². The Morgan fingerprint density at radius 2 is 1.75 bits per heavy atom. The zero-order valence-electron chi connectivity index (χ0n) is 15.5. The summed E-state index contributed by atoms with van der Waals surface area (Å²) in [6.45, 7) is 14.5. The maximum atomic E-state index is 4.31. The van der Waals surface area contributed by atoms with Crippen LogP contribution < -0.4 is 10.6 Å². The second-order valence-corrected chi connectivity index (χ2v) is 6.64. The third kappa shape index (κ3) is 6.53. The smallest absolute Gasteiger partial charge is 0.191 e. The minimum atomic E-state index is 0.612. The van der Waals surface area contributed by atoms with Crippen molar-refractivity contribution in [3.05, 3.63) is 24.5 Å². The molecular weight excluding hydrogens is 300 g/mol. The highest BCUT2D eigenvalue weighted by atomic mass is 15.3. The van der Waals surface area contributed by atoms with Crippen LogP contribution in [0, 0.1) is 5.92 Å². The Morgan fingerprint density at radius 3 is 2.38 bits per heavy atom. The highest BCUT2D eigenvalue weighted by molar-refractivity contribution is 5.79. The quantitative estimate of drug-likeness (QED) is 0.548. The van der Waals surface area contributed by atoms with Crippen molar-refractivity contribution in [1.82, 2.24) is 25.0 Å². The van der Waals surface area contributed by atoms with E-state index in [1.54, 1.807) is 0 Å². The third-order valence-electron chi connectivity index (χ3n) is 4.65. The van der Waals surface area contributed by atoms with E-state index in [4.69, 9.17) is 0 Å². The first-order valence-electron chi connectivity index (χ1n) is 9.21.